The van der Waals surface area contributed by atoms with Crippen LogP contribution in [0.2, 0.25) is 0 Å². The third-order valence-electron chi connectivity index (χ3n) is 3.32. The summed E-state index contributed by atoms with van der Waals surface area (Å²) in [6.07, 6.45) is 0. The highest BCUT2D eigenvalue weighted by Crippen LogP contribution is 2.25. The molecule has 7 nitrogen and oxygen atoms in total. The molecular weight excluding hydrogens is 344 g/mol. The van der Waals surface area contributed by atoms with Crippen molar-refractivity contribution in [3.8, 4) is 16.4 Å². The molecule has 4 rings (SSSR count). The van der Waals surface area contributed by atoms with Gasteiger partial charge in [-0.3, -0.25) is 0 Å². The number of hydrogen-bond acceptors (Lipinski definition) is 8. The molecule has 0 saturated carbocycles. The Kier molecular flexibility index (Phi) is 4.09. The lowest BCUT2D eigenvalue weighted by molar-refractivity contribution is 0.391. The van der Waals surface area contributed by atoms with Gasteiger partial charge in [0.25, 0.3) is 0 Å². The second kappa shape index (κ2) is 6.54. The quantitative estimate of drug-likeness (QED) is 0.507. The second-order valence-electron chi connectivity index (χ2n) is 4.94. The van der Waals surface area contributed by atoms with Crippen molar-refractivity contribution in [2.45, 2.75) is 17.8 Å². The van der Waals surface area contributed by atoms with Gasteiger partial charge in [-0.2, -0.15) is 9.67 Å². The first-order valence-electron chi connectivity index (χ1n) is 7.15. The van der Waals surface area contributed by atoms with Gasteiger partial charge in [0.15, 0.2) is 0 Å². The number of rotatable bonds is 5. The Labute approximate surface area is 145 Å². The Morgan fingerprint density at radius 3 is 2.96 bits per heavy atom. The van der Waals surface area contributed by atoms with Crippen molar-refractivity contribution >= 4 is 23.1 Å². The van der Waals surface area contributed by atoms with Crippen molar-refractivity contribution in [1.29, 1.82) is 0 Å². The lowest BCUT2D eigenvalue weighted by Crippen LogP contribution is -2.01. The van der Waals surface area contributed by atoms with Gasteiger partial charge in [-0.1, -0.05) is 41.2 Å². The molecule has 120 valence electrons. The van der Waals surface area contributed by atoms with Gasteiger partial charge in [0, 0.05) is 0 Å². The zero-order chi connectivity index (χ0) is 16.4. The van der Waals surface area contributed by atoms with E-state index in [-0.39, 0.29) is 0 Å². The summed E-state index contributed by atoms with van der Waals surface area (Å²) in [6, 6.07) is 11.9. The van der Waals surface area contributed by atoms with E-state index in [4.69, 9.17) is 4.52 Å². The van der Waals surface area contributed by atoms with E-state index in [1.807, 2.05) is 48.7 Å². The topological polar surface area (TPSA) is 82.5 Å². The van der Waals surface area contributed by atoms with E-state index < -0.39 is 0 Å². The van der Waals surface area contributed by atoms with Gasteiger partial charge in [0.1, 0.15) is 0 Å². The molecule has 0 N–H and O–H groups in total. The van der Waals surface area contributed by atoms with Gasteiger partial charge in [-0.25, -0.2) is 0 Å². The maximum absolute atomic E-state index is 5.30. The lowest BCUT2D eigenvalue weighted by Gasteiger charge is -2.05. The van der Waals surface area contributed by atoms with Crippen LogP contribution in [-0.4, -0.2) is 30.3 Å². The molecule has 3 aromatic heterocycles. The highest BCUT2D eigenvalue weighted by atomic mass is 32.2. The molecule has 0 aliphatic rings. The maximum atomic E-state index is 5.30. The monoisotopic (exact) mass is 356 g/mol. The number of thiophene rings is 1. The van der Waals surface area contributed by atoms with Gasteiger partial charge in [-0.15, -0.1) is 16.4 Å². The number of tetrazole rings is 1. The first kappa shape index (κ1) is 15.0. The van der Waals surface area contributed by atoms with Crippen molar-refractivity contribution in [3.63, 3.8) is 0 Å². The Morgan fingerprint density at radius 1 is 1.21 bits per heavy atom. The third-order valence-corrected chi connectivity index (χ3v) is 5.09. The van der Waals surface area contributed by atoms with Crippen molar-refractivity contribution in [3.05, 3.63) is 53.2 Å². The molecule has 0 unspecified atom stereocenters. The fourth-order valence-electron chi connectivity index (χ4n) is 2.17. The average Bonchev–Trinajstić information content (AvgIpc) is 3.34. The fraction of sp³-hybridized carbons (Fsp3) is 0.133. The van der Waals surface area contributed by atoms with Crippen LogP contribution in [-0.2, 0) is 5.75 Å². The summed E-state index contributed by atoms with van der Waals surface area (Å²) in [6.45, 7) is 2.02. The molecule has 0 spiro atoms. The SMILES string of the molecule is Cc1ccccc1-n1nnnc1SCc1nc(-c2cccs2)no1. The molecule has 24 heavy (non-hydrogen) atoms. The molecule has 0 radical (unpaired) electrons. The van der Waals surface area contributed by atoms with Crippen LogP contribution in [0.3, 0.4) is 0 Å². The van der Waals surface area contributed by atoms with E-state index in [9.17, 15) is 0 Å². The van der Waals surface area contributed by atoms with E-state index in [2.05, 4.69) is 25.7 Å². The van der Waals surface area contributed by atoms with E-state index in [0.29, 0.717) is 22.6 Å². The number of benzene rings is 1. The summed E-state index contributed by atoms with van der Waals surface area (Å²) in [5.74, 6) is 1.66. The molecule has 3 heterocycles. The van der Waals surface area contributed by atoms with Gasteiger partial charge < -0.3 is 4.52 Å². The molecular formula is C15H12N6OS2. The summed E-state index contributed by atoms with van der Waals surface area (Å²) >= 11 is 3.03. The molecule has 0 amide bonds. The van der Waals surface area contributed by atoms with E-state index in [0.717, 1.165) is 16.1 Å². The summed E-state index contributed by atoms with van der Waals surface area (Å²) < 4.78 is 7.02. The number of nitrogens with zero attached hydrogens (tertiary/aromatic N) is 6. The average molecular weight is 356 g/mol. The van der Waals surface area contributed by atoms with Crippen LogP contribution in [0.15, 0.2) is 51.5 Å². The standard InChI is InChI=1S/C15H12N6OS2/c1-10-5-2-3-6-11(10)21-15(17-19-20-21)24-9-13-16-14(18-22-13)12-7-4-8-23-12/h2-8H,9H2,1H3. The molecule has 0 fully saturated rings. The maximum Gasteiger partial charge on any atom is 0.237 e. The number of thioether (sulfide) groups is 1. The minimum atomic E-state index is 0.505. The van der Waals surface area contributed by atoms with Gasteiger partial charge in [0.2, 0.25) is 16.9 Å². The van der Waals surface area contributed by atoms with Gasteiger partial charge in [0.05, 0.1) is 16.3 Å². The first-order chi connectivity index (χ1) is 11.8. The van der Waals surface area contributed by atoms with E-state index in [1.54, 1.807) is 16.0 Å². The highest BCUT2D eigenvalue weighted by molar-refractivity contribution is 7.98. The van der Waals surface area contributed by atoms with Crippen molar-refractivity contribution in [1.82, 2.24) is 30.3 Å². The number of para-hydroxylation sites is 1. The summed E-state index contributed by atoms with van der Waals surface area (Å²) in [5.41, 5.74) is 2.05. The van der Waals surface area contributed by atoms with Crippen LogP contribution in [0, 0.1) is 6.92 Å². The van der Waals surface area contributed by atoms with Crippen molar-refractivity contribution in [2.24, 2.45) is 0 Å². The number of aryl methyl sites for hydroxylation is 1. The largest absolute Gasteiger partial charge is 0.338 e. The Balaban J connectivity index is 1.52. The smallest absolute Gasteiger partial charge is 0.237 e. The number of hydrogen-bond donors (Lipinski definition) is 0. The molecule has 0 bridgehead atoms. The Bertz CT molecular complexity index is 946. The van der Waals surface area contributed by atoms with Crippen LogP contribution in [0.1, 0.15) is 11.5 Å². The summed E-state index contributed by atoms with van der Waals surface area (Å²) in [4.78, 5) is 5.39. The van der Waals surface area contributed by atoms with E-state index in [1.165, 1.54) is 11.8 Å². The predicted molar refractivity (Wildman–Crippen MR) is 91.1 cm³/mol. The molecule has 0 aliphatic carbocycles. The molecule has 4 aromatic rings. The van der Waals surface area contributed by atoms with Crippen LogP contribution < -0.4 is 0 Å². The lowest BCUT2D eigenvalue weighted by atomic mass is 10.2. The molecule has 0 aliphatic heterocycles. The van der Waals surface area contributed by atoms with Crippen LogP contribution in [0.4, 0.5) is 0 Å². The highest BCUT2D eigenvalue weighted by Gasteiger charge is 2.14. The molecule has 9 heteroatoms. The fourth-order valence-corrected chi connectivity index (χ4v) is 3.54. The van der Waals surface area contributed by atoms with Gasteiger partial charge in [-0.05, 0) is 40.4 Å². The summed E-state index contributed by atoms with van der Waals surface area (Å²) in [7, 11) is 0. The zero-order valence-electron chi connectivity index (χ0n) is 12.7. The Morgan fingerprint density at radius 2 is 2.12 bits per heavy atom. The minimum absolute atomic E-state index is 0.505. The summed E-state index contributed by atoms with van der Waals surface area (Å²) in [5, 5.41) is 18.6. The molecule has 1 aromatic carbocycles. The zero-order valence-corrected chi connectivity index (χ0v) is 14.3. The predicted octanol–water partition coefficient (Wildman–Crippen LogP) is 3.37. The third kappa shape index (κ3) is 2.95. The minimum Gasteiger partial charge on any atom is -0.338 e. The number of aromatic nitrogens is 6. The van der Waals surface area contributed by atoms with Gasteiger partial charge >= 0.3 is 0 Å². The second-order valence-corrected chi connectivity index (χ2v) is 6.83. The van der Waals surface area contributed by atoms with Crippen molar-refractivity contribution in [2.75, 3.05) is 0 Å². The normalized spacial score (nSPS) is 11.0. The Hall–Kier alpha value is -2.52. The first-order valence-corrected chi connectivity index (χ1v) is 9.01. The van der Waals surface area contributed by atoms with Crippen LogP contribution in [0.25, 0.3) is 16.4 Å². The molecule has 0 atom stereocenters. The van der Waals surface area contributed by atoms with Crippen LogP contribution in [0.5, 0.6) is 0 Å². The van der Waals surface area contributed by atoms with Crippen LogP contribution >= 0.6 is 23.1 Å². The molecule has 0 saturated heterocycles. The van der Waals surface area contributed by atoms with E-state index >= 15 is 0 Å². The van der Waals surface area contributed by atoms with Crippen molar-refractivity contribution < 1.29 is 4.52 Å².